The van der Waals surface area contributed by atoms with Crippen LogP contribution in [0.3, 0.4) is 0 Å². The SMILES string of the molecule is COc1ccc(N2CCN(C(=O)Cc3ccc4c(c3)OCCO4)CC2)cc1. The molecule has 0 N–H and O–H groups in total. The van der Waals surface area contributed by atoms with Crippen LogP contribution in [0, 0.1) is 0 Å². The molecular weight excluding hydrogens is 344 g/mol. The minimum atomic E-state index is 0.154. The molecule has 2 aromatic carbocycles. The summed E-state index contributed by atoms with van der Waals surface area (Å²) in [6.45, 7) is 4.25. The van der Waals surface area contributed by atoms with Crippen molar-refractivity contribution < 1.29 is 19.0 Å². The Morgan fingerprint density at radius 3 is 2.37 bits per heavy atom. The number of ether oxygens (including phenoxy) is 3. The smallest absolute Gasteiger partial charge is 0.227 e. The summed E-state index contributed by atoms with van der Waals surface area (Å²) in [4.78, 5) is 16.9. The lowest BCUT2D eigenvalue weighted by Gasteiger charge is -2.36. The summed E-state index contributed by atoms with van der Waals surface area (Å²) in [5.74, 6) is 2.49. The third-order valence-electron chi connectivity index (χ3n) is 5.03. The van der Waals surface area contributed by atoms with Crippen LogP contribution in [0.1, 0.15) is 5.56 Å². The zero-order valence-electron chi connectivity index (χ0n) is 15.5. The molecule has 6 heteroatoms. The molecule has 2 aliphatic rings. The van der Waals surface area contributed by atoms with E-state index in [1.54, 1.807) is 7.11 Å². The summed E-state index contributed by atoms with van der Waals surface area (Å²) in [5, 5.41) is 0. The van der Waals surface area contributed by atoms with Crippen molar-refractivity contribution in [1.29, 1.82) is 0 Å². The fourth-order valence-corrected chi connectivity index (χ4v) is 3.49. The number of nitrogens with zero attached hydrogens (tertiary/aromatic N) is 2. The first-order valence-corrected chi connectivity index (χ1v) is 9.28. The Labute approximate surface area is 159 Å². The van der Waals surface area contributed by atoms with E-state index in [0.717, 1.165) is 54.7 Å². The number of piperazine rings is 1. The number of hydrogen-bond acceptors (Lipinski definition) is 5. The summed E-state index contributed by atoms with van der Waals surface area (Å²) in [6, 6.07) is 13.8. The topological polar surface area (TPSA) is 51.2 Å². The van der Waals surface area contributed by atoms with Crippen molar-refractivity contribution in [2.45, 2.75) is 6.42 Å². The third kappa shape index (κ3) is 3.94. The molecule has 0 spiro atoms. The van der Waals surface area contributed by atoms with Crippen LogP contribution in [0.2, 0.25) is 0 Å². The maximum Gasteiger partial charge on any atom is 0.227 e. The maximum atomic E-state index is 12.7. The highest BCUT2D eigenvalue weighted by atomic mass is 16.6. The van der Waals surface area contributed by atoms with E-state index >= 15 is 0 Å². The molecule has 27 heavy (non-hydrogen) atoms. The highest BCUT2D eigenvalue weighted by Gasteiger charge is 2.22. The van der Waals surface area contributed by atoms with Gasteiger partial charge in [0.05, 0.1) is 13.5 Å². The molecule has 0 unspecified atom stereocenters. The van der Waals surface area contributed by atoms with Gasteiger partial charge in [-0.15, -0.1) is 0 Å². The van der Waals surface area contributed by atoms with Crippen LogP contribution >= 0.6 is 0 Å². The van der Waals surface area contributed by atoms with Gasteiger partial charge in [-0.05, 0) is 42.0 Å². The molecule has 2 heterocycles. The molecular formula is C21H24N2O4. The van der Waals surface area contributed by atoms with Gasteiger partial charge in [0, 0.05) is 31.9 Å². The standard InChI is InChI=1S/C21H24N2O4/c1-25-18-5-3-17(4-6-18)22-8-10-23(11-9-22)21(24)15-16-2-7-19-20(14-16)27-13-12-26-19/h2-7,14H,8-13,15H2,1H3. The molecule has 1 saturated heterocycles. The summed E-state index contributed by atoms with van der Waals surface area (Å²) in [5.41, 5.74) is 2.12. The summed E-state index contributed by atoms with van der Waals surface area (Å²) < 4.78 is 16.3. The first kappa shape index (κ1) is 17.5. The van der Waals surface area contributed by atoms with Crippen molar-refractivity contribution in [2.75, 3.05) is 51.4 Å². The van der Waals surface area contributed by atoms with E-state index in [0.29, 0.717) is 19.6 Å². The van der Waals surface area contributed by atoms with Gasteiger partial charge in [-0.3, -0.25) is 4.79 Å². The fraction of sp³-hybridized carbons (Fsp3) is 0.381. The number of fused-ring (bicyclic) bond motifs is 1. The minimum absolute atomic E-state index is 0.154. The van der Waals surface area contributed by atoms with Gasteiger partial charge >= 0.3 is 0 Å². The van der Waals surface area contributed by atoms with Crippen LogP contribution in [0.15, 0.2) is 42.5 Å². The highest BCUT2D eigenvalue weighted by molar-refractivity contribution is 5.79. The van der Waals surface area contributed by atoms with Crippen molar-refractivity contribution in [3.8, 4) is 17.2 Å². The molecule has 6 nitrogen and oxygen atoms in total. The average Bonchev–Trinajstić information content (AvgIpc) is 2.74. The van der Waals surface area contributed by atoms with E-state index < -0.39 is 0 Å². The van der Waals surface area contributed by atoms with Crippen molar-refractivity contribution in [3.63, 3.8) is 0 Å². The Hall–Kier alpha value is -2.89. The van der Waals surface area contributed by atoms with E-state index in [-0.39, 0.29) is 5.91 Å². The lowest BCUT2D eigenvalue weighted by atomic mass is 10.1. The van der Waals surface area contributed by atoms with Crippen LogP contribution < -0.4 is 19.1 Å². The monoisotopic (exact) mass is 368 g/mol. The zero-order valence-corrected chi connectivity index (χ0v) is 15.5. The largest absolute Gasteiger partial charge is 0.497 e. The number of anilines is 1. The molecule has 0 aromatic heterocycles. The molecule has 0 bridgehead atoms. The van der Waals surface area contributed by atoms with Gasteiger partial charge in [0.2, 0.25) is 5.91 Å². The van der Waals surface area contributed by atoms with E-state index in [1.165, 1.54) is 0 Å². The van der Waals surface area contributed by atoms with Crippen LogP contribution in [0.4, 0.5) is 5.69 Å². The third-order valence-corrected chi connectivity index (χ3v) is 5.03. The van der Waals surface area contributed by atoms with Gasteiger partial charge in [-0.1, -0.05) is 6.07 Å². The number of methoxy groups -OCH3 is 1. The van der Waals surface area contributed by atoms with Gasteiger partial charge in [0.15, 0.2) is 11.5 Å². The van der Waals surface area contributed by atoms with Crippen molar-refractivity contribution in [3.05, 3.63) is 48.0 Å². The van der Waals surface area contributed by atoms with Gasteiger partial charge in [0.1, 0.15) is 19.0 Å². The van der Waals surface area contributed by atoms with Gasteiger partial charge in [-0.25, -0.2) is 0 Å². The van der Waals surface area contributed by atoms with Crippen molar-refractivity contribution in [1.82, 2.24) is 4.90 Å². The number of carbonyl (C=O) groups excluding carboxylic acids is 1. The molecule has 142 valence electrons. The Morgan fingerprint density at radius 1 is 0.963 bits per heavy atom. The summed E-state index contributed by atoms with van der Waals surface area (Å²) in [7, 11) is 1.67. The summed E-state index contributed by atoms with van der Waals surface area (Å²) in [6.07, 6.45) is 0.388. The van der Waals surface area contributed by atoms with Gasteiger partial charge in [-0.2, -0.15) is 0 Å². The summed E-state index contributed by atoms with van der Waals surface area (Å²) >= 11 is 0. The second-order valence-corrected chi connectivity index (χ2v) is 6.72. The van der Waals surface area contributed by atoms with E-state index in [4.69, 9.17) is 14.2 Å². The van der Waals surface area contributed by atoms with E-state index in [1.807, 2.05) is 35.2 Å². The van der Waals surface area contributed by atoms with Gasteiger partial charge < -0.3 is 24.0 Å². The van der Waals surface area contributed by atoms with Crippen LogP contribution in [-0.4, -0.2) is 57.3 Å². The zero-order chi connectivity index (χ0) is 18.6. The predicted molar refractivity (Wildman–Crippen MR) is 103 cm³/mol. The lowest BCUT2D eigenvalue weighted by Crippen LogP contribution is -2.49. The molecule has 2 aromatic rings. The predicted octanol–water partition coefficient (Wildman–Crippen LogP) is 2.36. The number of hydrogen-bond donors (Lipinski definition) is 0. The highest BCUT2D eigenvalue weighted by Crippen LogP contribution is 2.31. The van der Waals surface area contributed by atoms with E-state index in [9.17, 15) is 4.79 Å². The second-order valence-electron chi connectivity index (χ2n) is 6.72. The van der Waals surface area contributed by atoms with Crippen LogP contribution in [0.5, 0.6) is 17.2 Å². The van der Waals surface area contributed by atoms with Crippen LogP contribution in [0.25, 0.3) is 0 Å². The van der Waals surface area contributed by atoms with Crippen LogP contribution in [-0.2, 0) is 11.2 Å². The van der Waals surface area contributed by atoms with Crippen molar-refractivity contribution in [2.24, 2.45) is 0 Å². The first-order valence-electron chi connectivity index (χ1n) is 9.28. The number of carbonyl (C=O) groups is 1. The molecule has 0 atom stereocenters. The molecule has 1 fully saturated rings. The maximum absolute atomic E-state index is 12.7. The number of rotatable bonds is 4. The molecule has 0 radical (unpaired) electrons. The first-order chi connectivity index (χ1) is 13.2. The molecule has 0 aliphatic carbocycles. The minimum Gasteiger partial charge on any atom is -0.497 e. The molecule has 2 aliphatic heterocycles. The lowest BCUT2D eigenvalue weighted by molar-refractivity contribution is -0.130. The number of benzene rings is 2. The Kier molecular flexibility index (Phi) is 5.05. The molecule has 0 saturated carbocycles. The Morgan fingerprint density at radius 2 is 1.67 bits per heavy atom. The Balaban J connectivity index is 1.33. The van der Waals surface area contributed by atoms with Crippen molar-refractivity contribution >= 4 is 11.6 Å². The second kappa shape index (κ2) is 7.78. The van der Waals surface area contributed by atoms with E-state index in [2.05, 4.69) is 17.0 Å². The Bertz CT molecular complexity index is 798. The fourth-order valence-electron chi connectivity index (χ4n) is 3.49. The number of amides is 1. The van der Waals surface area contributed by atoms with Gasteiger partial charge in [0.25, 0.3) is 0 Å². The average molecular weight is 368 g/mol. The molecule has 4 rings (SSSR count). The quantitative estimate of drug-likeness (QED) is 0.829. The molecule has 1 amide bonds. The normalized spacial score (nSPS) is 16.2.